The molecule has 0 saturated carbocycles. The first kappa shape index (κ1) is 30.6. The molecule has 39 heavy (non-hydrogen) atoms. The molecule has 6 heteroatoms. The summed E-state index contributed by atoms with van der Waals surface area (Å²) in [7, 11) is 0. The molecule has 2 aromatic carbocycles. The molecule has 0 aromatic heterocycles. The van der Waals surface area contributed by atoms with Gasteiger partial charge >= 0.3 is 5.97 Å². The molecule has 2 N–H and O–H groups in total. The Labute approximate surface area is 234 Å². The third kappa shape index (κ3) is 9.36. The van der Waals surface area contributed by atoms with Gasteiger partial charge in [-0.3, -0.25) is 19.3 Å². The number of carboxylic acid groups (broad SMARTS) is 1. The predicted molar refractivity (Wildman–Crippen MR) is 160 cm³/mol. The molecule has 1 aliphatic rings. The lowest BCUT2D eigenvalue weighted by Gasteiger charge is -2.28. The highest BCUT2D eigenvalue weighted by atomic mass is 16.4. The Morgan fingerprint density at radius 1 is 0.718 bits per heavy atom. The van der Waals surface area contributed by atoms with Crippen molar-refractivity contribution in [1.82, 2.24) is 4.90 Å². The number of nitrogens with one attached hydrogen (secondary N) is 1. The molecule has 214 valence electrons. The van der Waals surface area contributed by atoms with Crippen LogP contribution in [-0.4, -0.2) is 40.9 Å². The van der Waals surface area contributed by atoms with Crippen LogP contribution in [0.2, 0.25) is 0 Å². The van der Waals surface area contributed by atoms with Crippen molar-refractivity contribution in [2.75, 3.05) is 18.4 Å². The molecule has 2 aromatic rings. The van der Waals surface area contributed by atoms with E-state index >= 15 is 0 Å². The molecule has 0 atom stereocenters. The first-order valence-electron chi connectivity index (χ1n) is 15.4. The van der Waals surface area contributed by atoms with Gasteiger partial charge in [0.05, 0.1) is 0 Å². The van der Waals surface area contributed by atoms with Crippen LogP contribution in [0.25, 0.3) is 10.8 Å². The van der Waals surface area contributed by atoms with Gasteiger partial charge in [0.15, 0.2) is 0 Å². The Bertz CT molecular complexity index is 1060. The minimum absolute atomic E-state index is 0.177. The van der Waals surface area contributed by atoms with Crippen LogP contribution in [0.4, 0.5) is 5.69 Å². The third-order valence-electron chi connectivity index (χ3n) is 7.86. The molecule has 0 bridgehead atoms. The predicted octanol–water partition coefficient (Wildman–Crippen LogP) is 8.58. The fourth-order valence-electron chi connectivity index (χ4n) is 5.59. The number of benzene rings is 2. The summed E-state index contributed by atoms with van der Waals surface area (Å²) in [5.41, 5.74) is 2.26. The number of unbranched alkanes of at least 4 members (excludes halogenated alkanes) is 14. The van der Waals surface area contributed by atoms with Crippen molar-refractivity contribution in [3.63, 3.8) is 0 Å². The van der Waals surface area contributed by atoms with Crippen LogP contribution in [-0.2, 0) is 4.79 Å². The van der Waals surface area contributed by atoms with E-state index in [1.54, 1.807) is 0 Å². The summed E-state index contributed by atoms with van der Waals surface area (Å²) in [5, 5.41) is 14.0. The Morgan fingerprint density at radius 2 is 1.28 bits per heavy atom. The van der Waals surface area contributed by atoms with Gasteiger partial charge in [0.2, 0.25) is 0 Å². The molecular weight excluding hydrogens is 488 g/mol. The second-order valence-electron chi connectivity index (χ2n) is 11.0. The normalized spacial score (nSPS) is 12.9. The summed E-state index contributed by atoms with van der Waals surface area (Å²) in [5.74, 6) is -1.07. The van der Waals surface area contributed by atoms with E-state index in [9.17, 15) is 14.4 Å². The van der Waals surface area contributed by atoms with E-state index in [2.05, 4.69) is 12.2 Å². The summed E-state index contributed by atoms with van der Waals surface area (Å²) in [4.78, 5) is 38.6. The number of amides is 2. The number of carbonyl (C=O) groups is 3. The van der Waals surface area contributed by atoms with Crippen molar-refractivity contribution in [2.24, 2.45) is 0 Å². The lowest BCUT2D eigenvalue weighted by molar-refractivity contribution is -0.137. The van der Waals surface area contributed by atoms with Crippen molar-refractivity contribution in [1.29, 1.82) is 0 Å². The fraction of sp³-hybridized carbons (Fsp3) is 0.606. The molecule has 3 rings (SSSR count). The number of nitrogens with zero attached hydrogens (tertiary/aromatic N) is 1. The fourth-order valence-corrected chi connectivity index (χ4v) is 5.59. The summed E-state index contributed by atoms with van der Waals surface area (Å²) in [6, 6.07) is 9.67. The Kier molecular flexibility index (Phi) is 13.3. The van der Waals surface area contributed by atoms with Gasteiger partial charge < -0.3 is 10.4 Å². The summed E-state index contributed by atoms with van der Waals surface area (Å²) in [6.45, 7) is 3.59. The number of hydrogen-bond donors (Lipinski definition) is 2. The van der Waals surface area contributed by atoms with Crippen LogP contribution in [0.1, 0.15) is 137 Å². The minimum Gasteiger partial charge on any atom is -0.481 e. The Hall–Kier alpha value is -2.89. The maximum Gasteiger partial charge on any atom is 0.303 e. The van der Waals surface area contributed by atoms with E-state index in [1.165, 1.54) is 43.4 Å². The number of rotatable bonds is 21. The molecular formula is C33H48N2O4. The second kappa shape index (κ2) is 16.9. The van der Waals surface area contributed by atoms with Crippen LogP contribution in [0.3, 0.4) is 0 Å². The van der Waals surface area contributed by atoms with Gasteiger partial charge in [-0.25, -0.2) is 0 Å². The average Bonchev–Trinajstić information content (AvgIpc) is 2.93. The SMILES string of the molecule is CCCCCCCCCNc1ccc2c3c(cccc13)C(=O)N(CCCCCCCCCCCC(=O)O)C2=O. The lowest BCUT2D eigenvalue weighted by atomic mass is 9.92. The number of imide groups is 1. The first-order valence-corrected chi connectivity index (χ1v) is 15.4. The molecule has 0 spiro atoms. The quantitative estimate of drug-likeness (QED) is 0.123. The molecule has 6 nitrogen and oxygen atoms in total. The Balaban J connectivity index is 1.44. The average molecular weight is 537 g/mol. The van der Waals surface area contributed by atoms with Gasteiger partial charge in [0.1, 0.15) is 0 Å². The maximum absolute atomic E-state index is 13.3. The van der Waals surface area contributed by atoms with E-state index in [0.717, 1.165) is 87.2 Å². The number of aliphatic carboxylic acids is 1. The van der Waals surface area contributed by atoms with Crippen LogP contribution >= 0.6 is 0 Å². The lowest BCUT2D eigenvalue weighted by Crippen LogP contribution is -2.40. The first-order chi connectivity index (χ1) is 19.0. The van der Waals surface area contributed by atoms with Crippen LogP contribution in [0.15, 0.2) is 30.3 Å². The topological polar surface area (TPSA) is 86.7 Å². The van der Waals surface area contributed by atoms with Crippen molar-refractivity contribution in [2.45, 2.75) is 116 Å². The van der Waals surface area contributed by atoms with Crippen LogP contribution in [0.5, 0.6) is 0 Å². The van der Waals surface area contributed by atoms with E-state index in [-0.39, 0.29) is 18.2 Å². The zero-order chi connectivity index (χ0) is 27.9. The van der Waals surface area contributed by atoms with Crippen molar-refractivity contribution in [3.05, 3.63) is 41.5 Å². The van der Waals surface area contributed by atoms with Gasteiger partial charge in [-0.05, 0) is 37.5 Å². The molecule has 1 aliphatic heterocycles. The molecule has 2 amide bonds. The van der Waals surface area contributed by atoms with Crippen molar-refractivity contribution in [3.8, 4) is 0 Å². The highest BCUT2D eigenvalue weighted by Crippen LogP contribution is 2.34. The van der Waals surface area contributed by atoms with Gasteiger partial charge in [0.25, 0.3) is 11.8 Å². The maximum atomic E-state index is 13.3. The van der Waals surface area contributed by atoms with E-state index < -0.39 is 5.97 Å². The van der Waals surface area contributed by atoms with Crippen molar-refractivity contribution < 1.29 is 19.5 Å². The largest absolute Gasteiger partial charge is 0.481 e. The minimum atomic E-state index is -0.711. The highest BCUT2D eigenvalue weighted by Gasteiger charge is 2.32. The third-order valence-corrected chi connectivity index (χ3v) is 7.86. The van der Waals surface area contributed by atoms with E-state index in [0.29, 0.717) is 17.7 Å². The smallest absolute Gasteiger partial charge is 0.303 e. The number of hydrogen-bond acceptors (Lipinski definition) is 4. The summed E-state index contributed by atoms with van der Waals surface area (Å²) < 4.78 is 0. The monoisotopic (exact) mass is 536 g/mol. The summed E-state index contributed by atoms with van der Waals surface area (Å²) in [6.07, 6.45) is 18.3. The second-order valence-corrected chi connectivity index (χ2v) is 11.0. The van der Waals surface area contributed by atoms with Crippen LogP contribution < -0.4 is 5.32 Å². The van der Waals surface area contributed by atoms with Gasteiger partial charge in [0, 0.05) is 47.1 Å². The zero-order valence-electron chi connectivity index (χ0n) is 23.9. The van der Waals surface area contributed by atoms with Gasteiger partial charge in [-0.2, -0.15) is 0 Å². The number of anilines is 1. The molecule has 0 radical (unpaired) electrons. The Morgan fingerprint density at radius 3 is 1.92 bits per heavy atom. The number of carboxylic acids is 1. The van der Waals surface area contributed by atoms with Crippen LogP contribution in [0, 0.1) is 0 Å². The van der Waals surface area contributed by atoms with Gasteiger partial charge in [-0.15, -0.1) is 0 Å². The zero-order valence-corrected chi connectivity index (χ0v) is 23.9. The van der Waals surface area contributed by atoms with Crippen molar-refractivity contribution >= 4 is 34.2 Å². The highest BCUT2D eigenvalue weighted by molar-refractivity contribution is 6.26. The standard InChI is InChI=1S/C33H48N2O4/c1-2-3-4-5-10-13-16-24-34-29-23-22-28-31-26(29)19-18-20-27(31)32(38)35(33(28)39)25-17-14-11-8-6-7-9-12-15-21-30(36)37/h18-20,22-23,34H,2-17,21,24-25H2,1H3,(H,36,37). The molecule has 0 unspecified atom stereocenters. The molecule has 0 saturated heterocycles. The molecule has 1 heterocycles. The van der Waals surface area contributed by atoms with Gasteiger partial charge in [-0.1, -0.05) is 103 Å². The summed E-state index contributed by atoms with van der Waals surface area (Å²) >= 11 is 0. The molecule has 0 aliphatic carbocycles. The van der Waals surface area contributed by atoms with E-state index in [4.69, 9.17) is 5.11 Å². The molecule has 0 fully saturated rings. The number of carbonyl (C=O) groups excluding carboxylic acids is 2. The van der Waals surface area contributed by atoms with E-state index in [1.807, 2.05) is 30.3 Å².